The second-order valence-corrected chi connectivity index (χ2v) is 11.4. The van der Waals surface area contributed by atoms with Crippen LogP contribution < -0.4 is 5.32 Å². The highest BCUT2D eigenvalue weighted by Gasteiger charge is 2.41. The maximum absolute atomic E-state index is 13.1. The number of hydrogen-bond acceptors (Lipinski definition) is 7. The Kier molecular flexibility index (Phi) is 10.8. The van der Waals surface area contributed by atoms with Crippen LogP contribution in [0.1, 0.15) is 75.5 Å². The highest BCUT2D eigenvalue weighted by Crippen LogP contribution is 2.42. The summed E-state index contributed by atoms with van der Waals surface area (Å²) in [6.07, 6.45) is 3.36. The van der Waals surface area contributed by atoms with Crippen LogP contribution in [0, 0.1) is 5.92 Å². The minimum atomic E-state index is -4.63. The lowest BCUT2D eigenvalue weighted by molar-refractivity contribution is -0.145. The van der Waals surface area contributed by atoms with Crippen molar-refractivity contribution in [1.29, 1.82) is 0 Å². The maximum atomic E-state index is 13.1. The molecule has 11 heteroatoms. The van der Waals surface area contributed by atoms with Crippen LogP contribution in [0.3, 0.4) is 0 Å². The zero-order valence-corrected chi connectivity index (χ0v) is 24.7. The molecule has 3 heterocycles. The summed E-state index contributed by atoms with van der Waals surface area (Å²) in [4.78, 5) is 24.1. The first-order valence-corrected chi connectivity index (χ1v) is 14.8. The standard InChI is InChI=1S/C30H44F3N5O3/c1-20-16-26(41-15-7-11-34-10-6-14-40-4)21(2)22(3)27(20)25-9-5-8-24-19-37(12-13-38(24)25)28(39)23-17-35-29(36-18-23)30(31,32)33/h17-18,20,24-25,34H,5-16,19H2,1-4H3/t20?,24?,25-/m1/s1. The number of piperazine rings is 1. The Bertz CT molecular complexity index is 1110. The molecule has 3 aliphatic rings. The van der Waals surface area contributed by atoms with E-state index in [1.54, 1.807) is 12.0 Å². The van der Waals surface area contributed by atoms with Crippen molar-refractivity contribution >= 4 is 5.91 Å². The molecule has 1 N–H and O–H groups in total. The molecule has 1 amide bonds. The lowest BCUT2D eigenvalue weighted by atomic mass is 9.76. The number of carbonyl (C=O) groups excluding carboxylic acids is 1. The third kappa shape index (κ3) is 7.67. The number of nitrogens with one attached hydrogen (secondary N) is 1. The molecule has 0 spiro atoms. The van der Waals surface area contributed by atoms with Gasteiger partial charge in [-0.2, -0.15) is 13.2 Å². The number of nitrogens with zero attached hydrogens (tertiary/aromatic N) is 4. The van der Waals surface area contributed by atoms with Crippen LogP contribution in [0.5, 0.6) is 0 Å². The van der Waals surface area contributed by atoms with Crippen LogP contribution in [0.4, 0.5) is 13.2 Å². The van der Waals surface area contributed by atoms with Crippen molar-refractivity contribution in [2.75, 3.05) is 53.0 Å². The molecule has 4 rings (SSSR count). The van der Waals surface area contributed by atoms with E-state index in [1.807, 2.05) is 0 Å². The van der Waals surface area contributed by atoms with E-state index in [2.05, 4.69) is 41.0 Å². The molecular weight excluding hydrogens is 535 g/mol. The Labute approximate surface area is 241 Å². The topological polar surface area (TPSA) is 79.8 Å². The monoisotopic (exact) mass is 579 g/mol. The fraction of sp³-hybridized carbons (Fsp3) is 0.700. The van der Waals surface area contributed by atoms with Gasteiger partial charge < -0.3 is 19.7 Å². The minimum absolute atomic E-state index is 0.0911. The molecule has 0 saturated carbocycles. The highest BCUT2D eigenvalue weighted by atomic mass is 19.4. The summed E-state index contributed by atoms with van der Waals surface area (Å²) in [5, 5.41) is 3.43. The Hall–Kier alpha value is -2.50. The third-order valence-corrected chi connectivity index (χ3v) is 8.65. The van der Waals surface area contributed by atoms with Gasteiger partial charge in [-0.15, -0.1) is 0 Å². The van der Waals surface area contributed by atoms with Gasteiger partial charge in [-0.25, -0.2) is 9.97 Å². The molecule has 1 aromatic heterocycles. The van der Waals surface area contributed by atoms with Crippen molar-refractivity contribution in [3.8, 4) is 0 Å². The number of methoxy groups -OCH3 is 1. The summed E-state index contributed by atoms with van der Waals surface area (Å²) in [6.45, 7) is 11.8. The van der Waals surface area contributed by atoms with E-state index in [9.17, 15) is 18.0 Å². The van der Waals surface area contributed by atoms with Crippen molar-refractivity contribution in [2.24, 2.45) is 5.92 Å². The first-order chi connectivity index (χ1) is 19.6. The quantitative estimate of drug-likeness (QED) is 0.376. The number of carbonyl (C=O) groups is 1. The molecule has 1 aromatic rings. The van der Waals surface area contributed by atoms with E-state index in [1.165, 1.54) is 16.7 Å². The first kappa shape index (κ1) is 31.4. The van der Waals surface area contributed by atoms with Crippen LogP contribution in [0.15, 0.2) is 34.9 Å². The average Bonchev–Trinajstić information content (AvgIpc) is 2.96. The fourth-order valence-electron chi connectivity index (χ4n) is 6.48. The van der Waals surface area contributed by atoms with Gasteiger partial charge in [0.25, 0.3) is 5.91 Å². The van der Waals surface area contributed by atoms with E-state index in [4.69, 9.17) is 9.47 Å². The number of aromatic nitrogens is 2. The van der Waals surface area contributed by atoms with Gasteiger partial charge in [0, 0.05) is 64.2 Å². The third-order valence-electron chi connectivity index (χ3n) is 8.65. The number of hydrogen-bond donors (Lipinski definition) is 1. The van der Waals surface area contributed by atoms with E-state index >= 15 is 0 Å². The maximum Gasteiger partial charge on any atom is 0.451 e. The number of allylic oxidation sites excluding steroid dienone is 3. The van der Waals surface area contributed by atoms with Gasteiger partial charge in [0.15, 0.2) is 0 Å². The predicted octanol–water partition coefficient (Wildman–Crippen LogP) is 4.84. The van der Waals surface area contributed by atoms with E-state index in [-0.39, 0.29) is 17.5 Å². The summed E-state index contributed by atoms with van der Waals surface area (Å²) in [5.41, 5.74) is 4.13. The number of fused-ring (bicyclic) bond motifs is 1. The molecule has 2 aliphatic heterocycles. The van der Waals surface area contributed by atoms with Crippen molar-refractivity contribution in [1.82, 2.24) is 25.1 Å². The summed E-state index contributed by atoms with van der Waals surface area (Å²) >= 11 is 0. The van der Waals surface area contributed by atoms with Crippen LogP contribution in [0.2, 0.25) is 0 Å². The van der Waals surface area contributed by atoms with Gasteiger partial charge in [-0.1, -0.05) is 6.92 Å². The number of ether oxygens (including phenoxy) is 2. The molecular formula is C30H44F3N5O3. The molecule has 0 aromatic carbocycles. The van der Waals surface area contributed by atoms with Crippen LogP contribution in [-0.2, 0) is 15.7 Å². The largest absolute Gasteiger partial charge is 0.498 e. The normalized spacial score (nSPS) is 24.1. The van der Waals surface area contributed by atoms with Gasteiger partial charge in [-0.05, 0) is 81.7 Å². The van der Waals surface area contributed by atoms with E-state index in [0.29, 0.717) is 31.7 Å². The van der Waals surface area contributed by atoms with Crippen molar-refractivity contribution in [3.05, 3.63) is 46.3 Å². The first-order valence-electron chi connectivity index (χ1n) is 14.8. The molecule has 1 aliphatic carbocycles. The number of alkyl halides is 3. The Balaban J connectivity index is 1.36. The van der Waals surface area contributed by atoms with Crippen LogP contribution in [-0.4, -0.2) is 90.8 Å². The molecule has 228 valence electrons. The number of amides is 1. The Morgan fingerprint density at radius 3 is 2.46 bits per heavy atom. The van der Waals surface area contributed by atoms with Gasteiger partial charge in [0.2, 0.25) is 5.82 Å². The second kappa shape index (κ2) is 14.1. The highest BCUT2D eigenvalue weighted by molar-refractivity contribution is 5.93. The smallest absolute Gasteiger partial charge is 0.451 e. The lowest BCUT2D eigenvalue weighted by Gasteiger charge is -2.50. The Morgan fingerprint density at radius 1 is 1.07 bits per heavy atom. The molecule has 3 atom stereocenters. The van der Waals surface area contributed by atoms with E-state index < -0.39 is 12.0 Å². The van der Waals surface area contributed by atoms with Gasteiger partial charge in [0.05, 0.1) is 17.9 Å². The number of piperidine rings is 1. The van der Waals surface area contributed by atoms with Crippen molar-refractivity contribution in [3.63, 3.8) is 0 Å². The van der Waals surface area contributed by atoms with Gasteiger partial charge >= 0.3 is 6.18 Å². The molecule has 2 saturated heterocycles. The zero-order chi connectivity index (χ0) is 29.6. The summed E-state index contributed by atoms with van der Waals surface area (Å²) < 4.78 is 49.8. The van der Waals surface area contributed by atoms with Crippen LogP contribution in [0.25, 0.3) is 0 Å². The summed E-state index contributed by atoms with van der Waals surface area (Å²) in [5.74, 6) is -0.0798. The average molecular weight is 580 g/mol. The molecule has 8 nitrogen and oxygen atoms in total. The SMILES string of the molecule is COCCCNCCCOC1=C(C)C(C)=C([C@H]2CCCC3CN(C(=O)c4cnc(C(F)(F)F)nc4)CCN32)C(C)C1. The van der Waals surface area contributed by atoms with Crippen LogP contribution >= 0.6 is 0 Å². The van der Waals surface area contributed by atoms with E-state index in [0.717, 1.165) is 82.9 Å². The van der Waals surface area contributed by atoms with Crippen molar-refractivity contribution in [2.45, 2.75) is 77.6 Å². The van der Waals surface area contributed by atoms with Gasteiger partial charge in [0.1, 0.15) is 0 Å². The minimum Gasteiger partial charge on any atom is -0.498 e. The summed E-state index contributed by atoms with van der Waals surface area (Å²) in [6, 6.07) is 0.538. The molecule has 0 bridgehead atoms. The van der Waals surface area contributed by atoms with Crippen molar-refractivity contribution < 1.29 is 27.4 Å². The molecule has 0 radical (unpaired) electrons. The Morgan fingerprint density at radius 2 is 1.78 bits per heavy atom. The predicted molar refractivity (Wildman–Crippen MR) is 150 cm³/mol. The fourth-order valence-corrected chi connectivity index (χ4v) is 6.48. The molecule has 2 unspecified atom stereocenters. The summed E-state index contributed by atoms with van der Waals surface area (Å²) in [7, 11) is 1.72. The van der Waals surface area contributed by atoms with Gasteiger partial charge in [-0.3, -0.25) is 9.69 Å². The molecule has 2 fully saturated rings. The zero-order valence-electron chi connectivity index (χ0n) is 24.7. The second-order valence-electron chi connectivity index (χ2n) is 11.4. The number of rotatable bonds is 11. The molecule has 41 heavy (non-hydrogen) atoms. The lowest BCUT2D eigenvalue weighted by Crippen LogP contribution is -2.60. The number of halogens is 3.